The average Bonchev–Trinajstić information content (AvgIpc) is 2.72. The number of carbonyl (C=O) groups is 2. The van der Waals surface area contributed by atoms with Crippen molar-refractivity contribution in [2.24, 2.45) is 5.92 Å². The summed E-state index contributed by atoms with van der Waals surface area (Å²) in [5, 5.41) is 0. The summed E-state index contributed by atoms with van der Waals surface area (Å²) in [6.45, 7) is 4.56. The smallest absolute Gasteiger partial charge is 0.225 e. The Morgan fingerprint density at radius 2 is 1.69 bits per heavy atom. The van der Waals surface area contributed by atoms with Gasteiger partial charge in [0.1, 0.15) is 5.75 Å². The number of morpholine rings is 1. The van der Waals surface area contributed by atoms with Crippen LogP contribution in [0.15, 0.2) is 30.3 Å². The minimum absolute atomic E-state index is 0.0542. The Morgan fingerprint density at radius 1 is 1.00 bits per heavy atom. The molecule has 0 aliphatic carbocycles. The van der Waals surface area contributed by atoms with Crippen LogP contribution in [0.1, 0.15) is 25.7 Å². The first kappa shape index (κ1) is 18.7. The lowest BCUT2D eigenvalue weighted by Crippen LogP contribution is -2.47. The van der Waals surface area contributed by atoms with Gasteiger partial charge in [-0.15, -0.1) is 0 Å². The van der Waals surface area contributed by atoms with Gasteiger partial charge < -0.3 is 19.3 Å². The summed E-state index contributed by atoms with van der Waals surface area (Å²) >= 11 is 0. The maximum atomic E-state index is 12.5. The molecule has 2 amide bonds. The lowest BCUT2D eigenvalue weighted by atomic mass is 9.95. The van der Waals surface area contributed by atoms with E-state index in [0.29, 0.717) is 58.8 Å². The van der Waals surface area contributed by atoms with Crippen LogP contribution in [0.2, 0.25) is 0 Å². The van der Waals surface area contributed by atoms with Crippen LogP contribution in [0.5, 0.6) is 5.75 Å². The third-order valence-electron chi connectivity index (χ3n) is 5.07. The molecular weight excluding hydrogens is 332 g/mol. The second-order valence-electron chi connectivity index (χ2n) is 6.86. The maximum Gasteiger partial charge on any atom is 0.225 e. The standard InChI is InChI=1S/C20H28N2O4/c23-19(7-4-14-26-18-5-2-1-3-6-18)21-10-8-17(9-11-21)20(24)22-12-15-25-16-13-22/h1-3,5-6,17H,4,7-16H2. The van der Waals surface area contributed by atoms with E-state index in [9.17, 15) is 9.59 Å². The molecule has 6 nitrogen and oxygen atoms in total. The van der Waals surface area contributed by atoms with Gasteiger partial charge in [0.2, 0.25) is 11.8 Å². The fourth-order valence-electron chi connectivity index (χ4n) is 3.51. The number of hydrogen-bond acceptors (Lipinski definition) is 4. The van der Waals surface area contributed by atoms with Gasteiger partial charge in [-0.2, -0.15) is 0 Å². The number of carbonyl (C=O) groups excluding carboxylic acids is 2. The van der Waals surface area contributed by atoms with Crippen molar-refractivity contribution in [3.05, 3.63) is 30.3 Å². The van der Waals surface area contributed by atoms with E-state index in [0.717, 1.165) is 18.6 Å². The third-order valence-corrected chi connectivity index (χ3v) is 5.07. The van der Waals surface area contributed by atoms with Crippen LogP contribution in [0, 0.1) is 5.92 Å². The zero-order valence-corrected chi connectivity index (χ0v) is 15.3. The van der Waals surface area contributed by atoms with E-state index in [4.69, 9.17) is 9.47 Å². The minimum atomic E-state index is 0.0542. The van der Waals surface area contributed by atoms with Gasteiger partial charge in [0, 0.05) is 38.5 Å². The Labute approximate surface area is 155 Å². The van der Waals surface area contributed by atoms with E-state index < -0.39 is 0 Å². The summed E-state index contributed by atoms with van der Waals surface area (Å²) in [6, 6.07) is 9.64. The number of likely N-dealkylation sites (tertiary alicyclic amines) is 1. The van der Waals surface area contributed by atoms with Crippen LogP contribution in [-0.2, 0) is 14.3 Å². The molecule has 3 rings (SSSR count). The second kappa shape index (κ2) is 9.57. The van der Waals surface area contributed by atoms with Crippen LogP contribution in [0.3, 0.4) is 0 Å². The molecule has 1 aromatic carbocycles. The first-order valence-corrected chi connectivity index (χ1v) is 9.56. The first-order valence-electron chi connectivity index (χ1n) is 9.56. The number of nitrogens with zero attached hydrogens (tertiary/aromatic N) is 2. The number of piperidine rings is 1. The summed E-state index contributed by atoms with van der Waals surface area (Å²) in [7, 11) is 0. The minimum Gasteiger partial charge on any atom is -0.494 e. The molecule has 6 heteroatoms. The number of benzene rings is 1. The molecule has 0 bridgehead atoms. The van der Waals surface area contributed by atoms with Gasteiger partial charge >= 0.3 is 0 Å². The highest BCUT2D eigenvalue weighted by molar-refractivity contribution is 5.80. The highest BCUT2D eigenvalue weighted by atomic mass is 16.5. The highest BCUT2D eigenvalue weighted by Crippen LogP contribution is 2.21. The van der Waals surface area contributed by atoms with Gasteiger partial charge in [-0.05, 0) is 31.4 Å². The van der Waals surface area contributed by atoms with Gasteiger partial charge in [-0.25, -0.2) is 0 Å². The Hall–Kier alpha value is -2.08. The van der Waals surface area contributed by atoms with Crippen LogP contribution in [0.25, 0.3) is 0 Å². The predicted molar refractivity (Wildman–Crippen MR) is 97.9 cm³/mol. The van der Waals surface area contributed by atoms with Crippen molar-refractivity contribution in [2.45, 2.75) is 25.7 Å². The van der Waals surface area contributed by atoms with Crippen molar-refractivity contribution < 1.29 is 19.1 Å². The van der Waals surface area contributed by atoms with Gasteiger partial charge in [0.25, 0.3) is 0 Å². The molecule has 2 aliphatic rings. The van der Waals surface area contributed by atoms with Crippen molar-refractivity contribution in [3.8, 4) is 5.75 Å². The molecule has 0 radical (unpaired) electrons. The van der Waals surface area contributed by atoms with E-state index in [-0.39, 0.29) is 17.7 Å². The lowest BCUT2D eigenvalue weighted by Gasteiger charge is -2.35. The molecule has 0 atom stereocenters. The molecule has 26 heavy (non-hydrogen) atoms. The molecule has 0 N–H and O–H groups in total. The summed E-state index contributed by atoms with van der Waals surface area (Å²) in [5.74, 6) is 1.29. The first-order chi connectivity index (χ1) is 12.7. The van der Waals surface area contributed by atoms with Crippen molar-refractivity contribution in [1.82, 2.24) is 9.80 Å². The average molecular weight is 360 g/mol. The number of para-hydroxylation sites is 1. The molecule has 2 heterocycles. The molecule has 142 valence electrons. The van der Waals surface area contributed by atoms with Gasteiger partial charge in [0.15, 0.2) is 0 Å². The molecule has 0 unspecified atom stereocenters. The number of hydrogen-bond donors (Lipinski definition) is 0. The topological polar surface area (TPSA) is 59.1 Å². The normalized spacial score (nSPS) is 18.6. The fraction of sp³-hybridized carbons (Fsp3) is 0.600. The molecule has 1 aromatic rings. The highest BCUT2D eigenvalue weighted by Gasteiger charge is 2.30. The van der Waals surface area contributed by atoms with E-state index >= 15 is 0 Å². The fourth-order valence-corrected chi connectivity index (χ4v) is 3.51. The zero-order chi connectivity index (χ0) is 18.2. The second-order valence-corrected chi connectivity index (χ2v) is 6.86. The molecule has 2 saturated heterocycles. The molecule has 0 spiro atoms. The van der Waals surface area contributed by atoms with Crippen molar-refractivity contribution in [1.29, 1.82) is 0 Å². The van der Waals surface area contributed by atoms with Crippen molar-refractivity contribution in [2.75, 3.05) is 46.0 Å². The Bertz CT molecular complexity index is 579. The number of rotatable bonds is 6. The van der Waals surface area contributed by atoms with Gasteiger partial charge in [-0.3, -0.25) is 9.59 Å². The Balaban J connectivity index is 1.33. The van der Waals surface area contributed by atoms with Crippen LogP contribution >= 0.6 is 0 Å². The SMILES string of the molecule is O=C(CCCOc1ccccc1)N1CCC(C(=O)N2CCOCC2)CC1. The Morgan fingerprint density at radius 3 is 2.38 bits per heavy atom. The van der Waals surface area contributed by atoms with Crippen LogP contribution < -0.4 is 4.74 Å². The van der Waals surface area contributed by atoms with E-state index in [1.54, 1.807) is 0 Å². The van der Waals surface area contributed by atoms with Crippen LogP contribution in [0.4, 0.5) is 0 Å². The quantitative estimate of drug-likeness (QED) is 0.728. The molecule has 2 fully saturated rings. The molecule has 2 aliphatic heterocycles. The summed E-state index contributed by atoms with van der Waals surface area (Å²) in [4.78, 5) is 28.7. The van der Waals surface area contributed by atoms with Gasteiger partial charge in [0.05, 0.1) is 19.8 Å². The monoisotopic (exact) mass is 360 g/mol. The van der Waals surface area contributed by atoms with Crippen LogP contribution in [-0.4, -0.2) is 67.6 Å². The molecular formula is C20H28N2O4. The lowest BCUT2D eigenvalue weighted by molar-refractivity contribution is -0.143. The predicted octanol–water partition coefficient (Wildman–Crippen LogP) is 1.94. The number of amides is 2. The van der Waals surface area contributed by atoms with Crippen molar-refractivity contribution in [3.63, 3.8) is 0 Å². The molecule has 0 saturated carbocycles. The van der Waals surface area contributed by atoms with E-state index in [2.05, 4.69) is 0 Å². The summed E-state index contributed by atoms with van der Waals surface area (Å²) < 4.78 is 10.9. The summed E-state index contributed by atoms with van der Waals surface area (Å²) in [5.41, 5.74) is 0. The van der Waals surface area contributed by atoms with Crippen molar-refractivity contribution >= 4 is 11.8 Å². The third kappa shape index (κ3) is 5.21. The van der Waals surface area contributed by atoms with E-state index in [1.807, 2.05) is 40.1 Å². The maximum absolute atomic E-state index is 12.5. The van der Waals surface area contributed by atoms with E-state index in [1.165, 1.54) is 0 Å². The largest absolute Gasteiger partial charge is 0.494 e. The summed E-state index contributed by atoms with van der Waals surface area (Å²) in [6.07, 6.45) is 2.74. The zero-order valence-electron chi connectivity index (χ0n) is 15.3. The van der Waals surface area contributed by atoms with Gasteiger partial charge in [-0.1, -0.05) is 18.2 Å². The molecule has 0 aromatic heterocycles. The number of ether oxygens (including phenoxy) is 2. The Kier molecular flexibility index (Phi) is 6.89.